The van der Waals surface area contributed by atoms with Crippen molar-refractivity contribution in [3.05, 3.63) is 83.3 Å². The van der Waals surface area contributed by atoms with Gasteiger partial charge in [-0.2, -0.15) is 5.10 Å². The number of carbonyl (C=O) groups is 1. The molecule has 1 N–H and O–H groups in total. The number of benzene rings is 3. The van der Waals surface area contributed by atoms with Crippen molar-refractivity contribution in [1.82, 2.24) is 5.43 Å². The predicted molar refractivity (Wildman–Crippen MR) is 147 cm³/mol. The first-order valence-corrected chi connectivity index (χ1v) is 12.6. The minimum absolute atomic E-state index is 0.234. The zero-order chi connectivity index (χ0) is 24.7. The molecule has 0 radical (unpaired) electrons. The number of methoxy groups -OCH3 is 1. The van der Waals surface area contributed by atoms with E-state index in [1.165, 1.54) is 6.21 Å². The normalized spacial score (nSPS) is 10.9. The van der Waals surface area contributed by atoms with Crippen molar-refractivity contribution in [1.29, 1.82) is 0 Å². The summed E-state index contributed by atoms with van der Waals surface area (Å²) in [7, 11) is 1.56. The Morgan fingerprint density at radius 2 is 1.91 bits per heavy atom. The van der Waals surface area contributed by atoms with E-state index in [9.17, 15) is 4.79 Å². The molecular weight excluding hydrogens is 658 g/mol. The minimum Gasteiger partial charge on any atom is -0.496 e. The van der Waals surface area contributed by atoms with Gasteiger partial charge in [0.05, 0.1) is 28.0 Å². The van der Waals surface area contributed by atoms with Crippen molar-refractivity contribution >= 4 is 73.8 Å². The highest BCUT2D eigenvalue weighted by atomic mass is 127. The van der Waals surface area contributed by atoms with Gasteiger partial charge in [0.15, 0.2) is 11.5 Å². The summed E-state index contributed by atoms with van der Waals surface area (Å²) in [5.41, 5.74) is 4.46. The number of amides is 1. The molecule has 34 heavy (non-hydrogen) atoms. The summed E-state index contributed by atoms with van der Waals surface area (Å²) in [6.07, 6.45) is 1.52. The molecule has 178 valence electrons. The Labute approximate surface area is 229 Å². The number of hydrazone groups is 1. The maximum Gasteiger partial charge on any atom is 0.271 e. The molecule has 0 aromatic heterocycles. The van der Waals surface area contributed by atoms with E-state index in [0.717, 1.165) is 9.13 Å². The van der Waals surface area contributed by atoms with Crippen molar-refractivity contribution in [2.75, 3.05) is 13.7 Å². The van der Waals surface area contributed by atoms with Gasteiger partial charge in [0.2, 0.25) is 0 Å². The molecule has 0 aliphatic carbocycles. The first kappa shape index (κ1) is 26.6. The number of nitrogens with zero attached hydrogens (tertiary/aromatic N) is 1. The van der Waals surface area contributed by atoms with Crippen LogP contribution in [0.25, 0.3) is 0 Å². The largest absolute Gasteiger partial charge is 0.496 e. The van der Waals surface area contributed by atoms with Crippen LogP contribution >= 0.6 is 61.7 Å². The molecule has 0 aliphatic rings. The van der Waals surface area contributed by atoms with Crippen molar-refractivity contribution < 1.29 is 19.0 Å². The van der Waals surface area contributed by atoms with Crippen LogP contribution < -0.4 is 19.6 Å². The van der Waals surface area contributed by atoms with Crippen LogP contribution in [0.3, 0.4) is 0 Å². The Balaban J connectivity index is 1.73. The predicted octanol–water partition coefficient (Wildman–Crippen LogP) is 7.11. The molecule has 3 aromatic carbocycles. The van der Waals surface area contributed by atoms with E-state index in [1.807, 2.05) is 19.1 Å². The quantitative estimate of drug-likeness (QED) is 0.149. The second-order valence-corrected chi connectivity index (χ2v) is 9.70. The fourth-order valence-corrected chi connectivity index (χ4v) is 4.48. The summed E-state index contributed by atoms with van der Waals surface area (Å²) in [5.74, 6) is 1.32. The minimum atomic E-state index is -0.352. The average Bonchev–Trinajstić information content (AvgIpc) is 2.80. The lowest BCUT2D eigenvalue weighted by Crippen LogP contribution is -2.17. The Hall–Kier alpha value is -2.01. The lowest BCUT2D eigenvalue weighted by molar-refractivity contribution is 0.0954. The summed E-state index contributed by atoms with van der Waals surface area (Å²) in [4.78, 5) is 12.4. The third-order valence-electron chi connectivity index (χ3n) is 4.51. The van der Waals surface area contributed by atoms with Gasteiger partial charge in [0, 0.05) is 21.2 Å². The molecule has 0 saturated heterocycles. The highest BCUT2D eigenvalue weighted by Gasteiger charge is 2.14. The number of ether oxygens (including phenoxy) is 3. The van der Waals surface area contributed by atoms with Gasteiger partial charge in [0.1, 0.15) is 12.4 Å². The van der Waals surface area contributed by atoms with E-state index in [-0.39, 0.29) is 12.5 Å². The van der Waals surface area contributed by atoms with Gasteiger partial charge in [0.25, 0.3) is 5.91 Å². The van der Waals surface area contributed by atoms with E-state index < -0.39 is 0 Å². The molecular formula is C24H20BrCl2IN2O4. The molecule has 1 amide bonds. The molecule has 0 heterocycles. The van der Waals surface area contributed by atoms with Gasteiger partial charge in [-0.25, -0.2) is 5.43 Å². The van der Waals surface area contributed by atoms with Gasteiger partial charge < -0.3 is 14.2 Å². The van der Waals surface area contributed by atoms with Gasteiger partial charge >= 0.3 is 0 Å². The summed E-state index contributed by atoms with van der Waals surface area (Å²) >= 11 is 17.9. The van der Waals surface area contributed by atoms with Crippen LogP contribution in [0.1, 0.15) is 28.4 Å². The van der Waals surface area contributed by atoms with E-state index in [2.05, 4.69) is 49.0 Å². The lowest BCUT2D eigenvalue weighted by atomic mass is 10.2. The zero-order valence-corrected chi connectivity index (χ0v) is 23.5. The molecule has 0 unspecified atom stereocenters. The van der Waals surface area contributed by atoms with Crippen LogP contribution in [0.15, 0.2) is 58.1 Å². The van der Waals surface area contributed by atoms with Crippen LogP contribution in [0.5, 0.6) is 17.2 Å². The van der Waals surface area contributed by atoms with Crippen molar-refractivity contribution in [3.8, 4) is 17.2 Å². The fourth-order valence-electron chi connectivity index (χ4n) is 2.89. The number of rotatable bonds is 9. The van der Waals surface area contributed by atoms with Crippen molar-refractivity contribution in [3.63, 3.8) is 0 Å². The standard InChI is InChI=1S/C24H20BrCl2IN2O4/c1-3-33-22-9-14(12-29-30-24(31)15-5-7-20(28)21(10-15)32-2)8-18(25)23(22)34-13-16-4-6-17(26)11-19(16)27/h4-12H,3,13H2,1-2H3,(H,30,31)/b29-12-. The van der Waals surface area contributed by atoms with Gasteiger partial charge in [-0.1, -0.05) is 29.3 Å². The molecule has 0 fully saturated rings. The third kappa shape index (κ3) is 7.00. The number of halogens is 4. The van der Waals surface area contributed by atoms with Crippen molar-refractivity contribution in [2.24, 2.45) is 5.10 Å². The van der Waals surface area contributed by atoms with Crippen LogP contribution in [0, 0.1) is 3.57 Å². The third-order valence-corrected chi connectivity index (χ3v) is 6.58. The summed E-state index contributed by atoms with van der Waals surface area (Å²) < 4.78 is 18.6. The van der Waals surface area contributed by atoms with Crippen molar-refractivity contribution in [2.45, 2.75) is 13.5 Å². The maximum atomic E-state index is 12.4. The number of hydrogen-bond acceptors (Lipinski definition) is 5. The molecule has 10 heteroatoms. The SMILES string of the molecule is CCOc1cc(/C=N\NC(=O)c2ccc(I)c(OC)c2)cc(Br)c1OCc1ccc(Cl)cc1Cl. The molecule has 0 saturated carbocycles. The Morgan fingerprint density at radius 3 is 2.62 bits per heavy atom. The van der Waals surface area contributed by atoms with E-state index >= 15 is 0 Å². The van der Waals surface area contributed by atoms with Gasteiger partial charge in [-0.05, 0) is 93.5 Å². The molecule has 0 atom stereocenters. The second-order valence-electron chi connectivity index (χ2n) is 6.84. The Morgan fingerprint density at radius 1 is 1.12 bits per heavy atom. The fraction of sp³-hybridized carbons (Fsp3) is 0.167. The average molecular weight is 678 g/mol. The molecule has 6 nitrogen and oxygen atoms in total. The zero-order valence-electron chi connectivity index (χ0n) is 18.2. The van der Waals surface area contributed by atoms with E-state index in [1.54, 1.807) is 43.5 Å². The van der Waals surface area contributed by atoms with Gasteiger partial charge in [-0.3, -0.25) is 4.79 Å². The highest BCUT2D eigenvalue weighted by molar-refractivity contribution is 14.1. The van der Waals surface area contributed by atoms with E-state index in [4.69, 9.17) is 37.4 Å². The molecule has 3 rings (SSSR count). The van der Waals surface area contributed by atoms with Crippen LogP contribution in [-0.2, 0) is 6.61 Å². The number of nitrogens with one attached hydrogen (secondary N) is 1. The summed E-state index contributed by atoms with van der Waals surface area (Å²) in [5, 5.41) is 5.14. The van der Waals surface area contributed by atoms with Crippen LogP contribution in [0.4, 0.5) is 0 Å². The first-order valence-electron chi connectivity index (χ1n) is 10.0. The maximum absolute atomic E-state index is 12.4. The molecule has 0 bridgehead atoms. The molecule has 0 spiro atoms. The Bertz CT molecular complexity index is 1220. The number of carbonyl (C=O) groups excluding carboxylic acids is 1. The molecule has 3 aromatic rings. The lowest BCUT2D eigenvalue weighted by Gasteiger charge is -2.15. The van der Waals surface area contributed by atoms with Crippen LogP contribution in [-0.4, -0.2) is 25.8 Å². The topological polar surface area (TPSA) is 69.2 Å². The van der Waals surface area contributed by atoms with Crippen LogP contribution in [0.2, 0.25) is 10.0 Å². The second kappa shape index (κ2) is 12.6. The monoisotopic (exact) mass is 676 g/mol. The Kier molecular flexibility index (Phi) is 9.87. The highest BCUT2D eigenvalue weighted by Crippen LogP contribution is 2.37. The van der Waals surface area contributed by atoms with E-state index in [0.29, 0.717) is 49.5 Å². The summed E-state index contributed by atoms with van der Waals surface area (Å²) in [6, 6.07) is 14.0. The first-order chi connectivity index (χ1) is 16.3. The number of hydrogen-bond donors (Lipinski definition) is 1. The summed E-state index contributed by atoms with van der Waals surface area (Å²) in [6.45, 7) is 2.55. The smallest absolute Gasteiger partial charge is 0.271 e. The van der Waals surface area contributed by atoms with Gasteiger partial charge in [-0.15, -0.1) is 0 Å². The molecule has 0 aliphatic heterocycles.